The number of benzene rings is 2. The lowest BCUT2D eigenvalue weighted by Crippen LogP contribution is -2.03. The van der Waals surface area contributed by atoms with Crippen LogP contribution in [0, 0.1) is 0 Å². The van der Waals surface area contributed by atoms with E-state index in [1.165, 1.54) is 11.1 Å². The third kappa shape index (κ3) is 5.95. The summed E-state index contributed by atoms with van der Waals surface area (Å²) >= 11 is 4.52. The third-order valence-corrected chi connectivity index (χ3v) is 4.42. The maximum Gasteiger partial charge on any atom is 0.338 e. The van der Waals surface area contributed by atoms with Crippen LogP contribution in [0.15, 0.2) is 59.0 Å². The average Bonchev–Trinajstić information content (AvgIpc) is 2.61. The number of hydrogen-bond donors (Lipinski definition) is 1. The number of rotatable bonds is 6. The summed E-state index contributed by atoms with van der Waals surface area (Å²) in [5, 5.41) is 0. The van der Waals surface area contributed by atoms with E-state index in [9.17, 15) is 4.79 Å². The van der Waals surface area contributed by atoms with Crippen molar-refractivity contribution in [1.82, 2.24) is 0 Å². The molecule has 0 N–H and O–H groups in total. The second-order valence-corrected chi connectivity index (χ2v) is 6.58. The second kappa shape index (κ2) is 9.28. The number of hydrogen-bond acceptors (Lipinski definition) is 3. The Morgan fingerprint density at radius 1 is 0.960 bits per heavy atom. The van der Waals surface area contributed by atoms with E-state index in [0.717, 1.165) is 22.5 Å². The summed E-state index contributed by atoms with van der Waals surface area (Å²) in [5.41, 5.74) is 5.25. The van der Waals surface area contributed by atoms with Gasteiger partial charge in [-0.3, -0.25) is 0 Å². The topological polar surface area (TPSA) is 26.3 Å². The molecule has 0 spiro atoms. The van der Waals surface area contributed by atoms with Crippen molar-refractivity contribution in [2.75, 3.05) is 6.61 Å². The second-order valence-electron chi connectivity index (χ2n) is 6.04. The summed E-state index contributed by atoms with van der Waals surface area (Å²) in [6.45, 7) is 6.34. The van der Waals surface area contributed by atoms with Gasteiger partial charge in [0.25, 0.3) is 0 Å². The molecule has 0 amide bonds. The van der Waals surface area contributed by atoms with Crippen LogP contribution in [0.5, 0.6) is 0 Å². The molecule has 3 heteroatoms. The van der Waals surface area contributed by atoms with Crippen LogP contribution < -0.4 is 0 Å². The molecule has 2 aromatic rings. The molecule has 0 unspecified atom stereocenters. The minimum atomic E-state index is -0.284. The Kier molecular flexibility index (Phi) is 7.08. The molecule has 2 rings (SSSR count). The molecule has 0 bridgehead atoms. The Morgan fingerprint density at radius 3 is 1.96 bits per heavy atom. The SMILES string of the molecule is CCOC(=O)c1ccc(C=Cc2ccc(CC(S)=C(C)C)cc2)cc1. The highest BCUT2D eigenvalue weighted by atomic mass is 32.1. The first-order valence-electron chi connectivity index (χ1n) is 8.39. The van der Waals surface area contributed by atoms with Crippen LogP contribution in [0.2, 0.25) is 0 Å². The summed E-state index contributed by atoms with van der Waals surface area (Å²) in [6.07, 6.45) is 4.96. The maximum atomic E-state index is 11.6. The Bertz CT molecular complexity index is 765. The van der Waals surface area contributed by atoms with Gasteiger partial charge in [-0.05, 0) is 54.5 Å². The van der Waals surface area contributed by atoms with Gasteiger partial charge >= 0.3 is 5.97 Å². The Hall–Kier alpha value is -2.26. The van der Waals surface area contributed by atoms with Crippen molar-refractivity contribution in [3.8, 4) is 0 Å². The Balaban J connectivity index is 2.02. The molecule has 0 fully saturated rings. The number of carbonyl (C=O) groups is 1. The fourth-order valence-electron chi connectivity index (χ4n) is 2.25. The van der Waals surface area contributed by atoms with Crippen LogP contribution in [0.4, 0.5) is 0 Å². The zero-order valence-electron chi connectivity index (χ0n) is 15.0. The van der Waals surface area contributed by atoms with E-state index in [1.807, 2.05) is 18.2 Å². The highest BCUT2D eigenvalue weighted by Crippen LogP contribution is 2.17. The number of ether oxygens (including phenoxy) is 1. The van der Waals surface area contributed by atoms with Gasteiger partial charge in [0, 0.05) is 6.42 Å². The summed E-state index contributed by atoms with van der Waals surface area (Å²) in [7, 11) is 0. The fraction of sp³-hybridized carbons (Fsp3) is 0.227. The summed E-state index contributed by atoms with van der Waals surface area (Å²) in [5.74, 6) is -0.284. The van der Waals surface area contributed by atoms with Gasteiger partial charge in [0.2, 0.25) is 0 Å². The van der Waals surface area contributed by atoms with Gasteiger partial charge in [-0.15, -0.1) is 12.6 Å². The van der Waals surface area contributed by atoms with E-state index < -0.39 is 0 Å². The quantitative estimate of drug-likeness (QED) is 0.404. The number of thiol groups is 1. The Labute approximate surface area is 155 Å². The van der Waals surface area contributed by atoms with Crippen molar-refractivity contribution >= 4 is 30.8 Å². The van der Waals surface area contributed by atoms with Crippen molar-refractivity contribution in [2.24, 2.45) is 0 Å². The first-order valence-corrected chi connectivity index (χ1v) is 8.84. The van der Waals surface area contributed by atoms with Crippen LogP contribution in [0.3, 0.4) is 0 Å². The minimum Gasteiger partial charge on any atom is -0.462 e. The molecule has 25 heavy (non-hydrogen) atoms. The van der Waals surface area contributed by atoms with Crippen LogP contribution >= 0.6 is 12.6 Å². The highest BCUT2D eigenvalue weighted by molar-refractivity contribution is 7.84. The van der Waals surface area contributed by atoms with E-state index in [4.69, 9.17) is 4.74 Å². The molecule has 0 aromatic heterocycles. The average molecular weight is 352 g/mol. The van der Waals surface area contributed by atoms with Crippen LogP contribution in [0.25, 0.3) is 12.2 Å². The van der Waals surface area contributed by atoms with Crippen molar-refractivity contribution in [2.45, 2.75) is 27.2 Å². The van der Waals surface area contributed by atoms with Crippen molar-refractivity contribution in [3.63, 3.8) is 0 Å². The first-order chi connectivity index (χ1) is 12.0. The van der Waals surface area contributed by atoms with E-state index >= 15 is 0 Å². The molecule has 0 aliphatic carbocycles. The molecule has 2 nitrogen and oxygen atoms in total. The van der Waals surface area contributed by atoms with E-state index in [-0.39, 0.29) is 5.97 Å². The monoisotopic (exact) mass is 352 g/mol. The number of esters is 1. The van der Waals surface area contributed by atoms with Gasteiger partial charge in [0.1, 0.15) is 0 Å². The molecule has 0 atom stereocenters. The van der Waals surface area contributed by atoms with Gasteiger partial charge in [0.15, 0.2) is 0 Å². The van der Waals surface area contributed by atoms with Gasteiger partial charge in [-0.25, -0.2) is 4.79 Å². The van der Waals surface area contributed by atoms with E-state index in [2.05, 4.69) is 56.8 Å². The van der Waals surface area contributed by atoms with Crippen molar-refractivity contribution in [3.05, 3.63) is 81.3 Å². The summed E-state index contributed by atoms with van der Waals surface area (Å²) in [4.78, 5) is 12.8. The highest BCUT2D eigenvalue weighted by Gasteiger charge is 2.04. The lowest BCUT2D eigenvalue weighted by atomic mass is 10.1. The molecular weight excluding hydrogens is 328 g/mol. The van der Waals surface area contributed by atoms with Crippen LogP contribution in [-0.4, -0.2) is 12.6 Å². The van der Waals surface area contributed by atoms with Gasteiger partial charge in [0.05, 0.1) is 12.2 Å². The lowest BCUT2D eigenvalue weighted by molar-refractivity contribution is 0.0526. The number of allylic oxidation sites excluding steroid dienone is 2. The smallest absolute Gasteiger partial charge is 0.338 e. The molecule has 0 saturated heterocycles. The summed E-state index contributed by atoms with van der Waals surface area (Å²) < 4.78 is 4.98. The normalized spacial score (nSPS) is 10.7. The predicted octanol–water partition coefficient (Wildman–Crippen LogP) is 5.80. The van der Waals surface area contributed by atoms with E-state index in [1.54, 1.807) is 19.1 Å². The molecule has 0 saturated carbocycles. The van der Waals surface area contributed by atoms with Crippen LogP contribution in [-0.2, 0) is 11.2 Å². The fourth-order valence-corrected chi connectivity index (χ4v) is 2.44. The van der Waals surface area contributed by atoms with Gasteiger partial charge in [-0.2, -0.15) is 0 Å². The lowest BCUT2D eigenvalue weighted by Gasteiger charge is -2.04. The molecule has 0 radical (unpaired) electrons. The first kappa shape index (κ1) is 19.1. The maximum absolute atomic E-state index is 11.6. The molecule has 2 aromatic carbocycles. The van der Waals surface area contributed by atoms with Gasteiger partial charge < -0.3 is 4.74 Å². The summed E-state index contributed by atoms with van der Waals surface area (Å²) in [6, 6.07) is 15.9. The van der Waals surface area contributed by atoms with E-state index in [0.29, 0.717) is 12.2 Å². The zero-order chi connectivity index (χ0) is 18.2. The number of carbonyl (C=O) groups excluding carboxylic acids is 1. The third-order valence-electron chi connectivity index (χ3n) is 3.82. The molecule has 0 aliphatic heterocycles. The molecule has 130 valence electrons. The van der Waals surface area contributed by atoms with Crippen molar-refractivity contribution < 1.29 is 9.53 Å². The molecule has 0 aliphatic rings. The largest absolute Gasteiger partial charge is 0.462 e. The van der Waals surface area contributed by atoms with Crippen molar-refractivity contribution in [1.29, 1.82) is 0 Å². The van der Waals surface area contributed by atoms with Crippen LogP contribution in [0.1, 0.15) is 47.8 Å². The van der Waals surface area contributed by atoms with Gasteiger partial charge in [-0.1, -0.05) is 54.1 Å². The minimum absolute atomic E-state index is 0.284. The molecular formula is C22H24O2S. The Morgan fingerprint density at radius 2 is 1.48 bits per heavy atom. The zero-order valence-corrected chi connectivity index (χ0v) is 15.8. The standard InChI is InChI=1S/C22H24O2S/c1-4-24-22(23)20-13-11-18(12-14-20)6-5-17-7-9-19(10-8-17)15-21(25)16(2)3/h5-14,25H,4,15H2,1-3H3. The molecule has 0 heterocycles. The predicted molar refractivity (Wildman–Crippen MR) is 109 cm³/mol.